The summed E-state index contributed by atoms with van der Waals surface area (Å²) in [5.74, 6) is 0. The molecule has 0 aromatic heterocycles. The van der Waals surface area contributed by atoms with Crippen LogP contribution in [0, 0.1) is 0 Å². The molecule has 0 N–H and O–H groups in total. The van der Waals surface area contributed by atoms with Gasteiger partial charge in [-0.3, -0.25) is 0 Å². The van der Waals surface area contributed by atoms with Crippen LogP contribution >= 0.6 is 0 Å². The van der Waals surface area contributed by atoms with Crippen molar-refractivity contribution in [2.45, 2.75) is 12.5 Å². The number of hydrogen-bond acceptors (Lipinski definition) is 1. The average molecular weight is 652 g/mol. The van der Waals surface area contributed by atoms with Crippen LogP contribution in [0.25, 0.3) is 60.5 Å². The molecule has 0 bridgehead atoms. The Labute approximate surface area is 300 Å². The molecule has 242 valence electrons. The van der Waals surface area contributed by atoms with Crippen LogP contribution in [0.3, 0.4) is 0 Å². The topological polar surface area (TPSA) is 3.24 Å². The van der Waals surface area contributed by atoms with Gasteiger partial charge in [0.15, 0.2) is 0 Å². The van der Waals surface area contributed by atoms with E-state index in [1.807, 2.05) is 0 Å². The van der Waals surface area contributed by atoms with Gasteiger partial charge in [-0.05, 0) is 91.4 Å². The third kappa shape index (κ3) is 5.94. The Morgan fingerprint density at radius 1 is 0.412 bits per heavy atom. The molecule has 0 amide bonds. The molecule has 0 saturated carbocycles. The first-order valence-electron chi connectivity index (χ1n) is 17.8. The largest absolute Gasteiger partial charge is 0.334 e. The fourth-order valence-corrected chi connectivity index (χ4v) is 7.69. The van der Waals surface area contributed by atoms with Crippen molar-refractivity contribution in [1.29, 1.82) is 0 Å². The summed E-state index contributed by atoms with van der Waals surface area (Å²) in [6.45, 7) is 0. The summed E-state index contributed by atoms with van der Waals surface area (Å²) < 4.78 is 0. The van der Waals surface area contributed by atoms with E-state index in [2.05, 4.69) is 211 Å². The number of rotatable bonds is 7. The van der Waals surface area contributed by atoms with Crippen molar-refractivity contribution >= 4 is 38.5 Å². The standard InChI is InChI=1S/C50H37N/c1-3-14-37(15-4-1)47-33-30-41(35-49(47)40-16-5-2-6-17-40)36-28-31-43(32-29-36)51(50-27-13-21-39-19-8-10-25-48(39)50)44-23-11-22-42(34-44)46-26-12-20-38-18-7-9-24-45(38)46/h1-31,33-35,43H,32H2. The number of hydrogen-bond donors (Lipinski definition) is 0. The van der Waals surface area contributed by atoms with Crippen LogP contribution < -0.4 is 4.90 Å². The molecule has 0 spiro atoms. The first-order valence-corrected chi connectivity index (χ1v) is 17.8. The Hall–Kier alpha value is -6.44. The molecule has 1 nitrogen and oxygen atoms in total. The summed E-state index contributed by atoms with van der Waals surface area (Å²) >= 11 is 0. The van der Waals surface area contributed by atoms with Gasteiger partial charge in [0.2, 0.25) is 0 Å². The molecule has 1 heteroatoms. The minimum absolute atomic E-state index is 0.138. The zero-order valence-electron chi connectivity index (χ0n) is 28.4. The van der Waals surface area contributed by atoms with Gasteiger partial charge in [0.1, 0.15) is 0 Å². The van der Waals surface area contributed by atoms with Crippen molar-refractivity contribution in [2.24, 2.45) is 0 Å². The van der Waals surface area contributed by atoms with Gasteiger partial charge in [-0.2, -0.15) is 0 Å². The highest BCUT2D eigenvalue weighted by molar-refractivity contribution is 5.99. The van der Waals surface area contributed by atoms with Gasteiger partial charge < -0.3 is 4.90 Å². The third-order valence-corrected chi connectivity index (χ3v) is 10.2. The molecular formula is C50H37N. The van der Waals surface area contributed by atoms with Crippen LogP contribution in [-0.2, 0) is 0 Å². The zero-order chi connectivity index (χ0) is 34.0. The number of benzene rings is 8. The van der Waals surface area contributed by atoms with Crippen LogP contribution in [-0.4, -0.2) is 6.04 Å². The highest BCUT2D eigenvalue weighted by Crippen LogP contribution is 2.41. The second-order valence-corrected chi connectivity index (χ2v) is 13.3. The summed E-state index contributed by atoms with van der Waals surface area (Å²) in [5.41, 5.74) is 12.3. The number of fused-ring (bicyclic) bond motifs is 2. The summed E-state index contributed by atoms with van der Waals surface area (Å²) in [6.07, 6.45) is 8.03. The Kier molecular flexibility index (Phi) is 8.08. The second-order valence-electron chi connectivity index (χ2n) is 13.3. The Balaban J connectivity index is 1.12. The lowest BCUT2D eigenvalue weighted by Gasteiger charge is -2.34. The van der Waals surface area contributed by atoms with E-state index >= 15 is 0 Å². The molecule has 8 aromatic rings. The fraction of sp³-hybridized carbons (Fsp3) is 0.0400. The normalized spacial score (nSPS) is 14.0. The quantitative estimate of drug-likeness (QED) is 0.166. The van der Waals surface area contributed by atoms with Crippen LogP contribution in [0.1, 0.15) is 12.0 Å². The maximum atomic E-state index is 2.54. The maximum absolute atomic E-state index is 2.54. The van der Waals surface area contributed by atoms with Gasteiger partial charge >= 0.3 is 0 Å². The third-order valence-electron chi connectivity index (χ3n) is 10.2. The molecule has 1 aliphatic rings. The van der Waals surface area contributed by atoms with Gasteiger partial charge in [0, 0.05) is 16.8 Å². The van der Waals surface area contributed by atoms with Crippen LogP contribution in [0.4, 0.5) is 11.4 Å². The number of allylic oxidation sites excluding steroid dienone is 2. The molecule has 51 heavy (non-hydrogen) atoms. The maximum Gasteiger partial charge on any atom is 0.0560 e. The molecule has 0 fully saturated rings. The van der Waals surface area contributed by atoms with Crippen molar-refractivity contribution in [3.63, 3.8) is 0 Å². The predicted molar refractivity (Wildman–Crippen MR) is 218 cm³/mol. The van der Waals surface area contributed by atoms with E-state index in [1.54, 1.807) is 0 Å². The predicted octanol–water partition coefficient (Wildman–Crippen LogP) is 13.5. The lowest BCUT2D eigenvalue weighted by molar-refractivity contribution is 0.789. The van der Waals surface area contributed by atoms with E-state index in [4.69, 9.17) is 0 Å². The monoisotopic (exact) mass is 651 g/mol. The van der Waals surface area contributed by atoms with Gasteiger partial charge in [0.25, 0.3) is 0 Å². The van der Waals surface area contributed by atoms with Gasteiger partial charge in [-0.1, -0.05) is 182 Å². The van der Waals surface area contributed by atoms with Gasteiger partial charge in [-0.25, -0.2) is 0 Å². The summed E-state index contributed by atoms with van der Waals surface area (Å²) in [7, 11) is 0. The highest BCUT2D eigenvalue weighted by atomic mass is 15.2. The molecule has 8 aromatic carbocycles. The first kappa shape index (κ1) is 30.6. The fourth-order valence-electron chi connectivity index (χ4n) is 7.69. The summed E-state index contributed by atoms with van der Waals surface area (Å²) in [5, 5.41) is 5.02. The SMILES string of the molecule is C1=CC(N(c2cccc(-c3cccc4ccccc34)c2)c2cccc3ccccc23)CC=C1c1ccc(-c2ccccc2)c(-c2ccccc2)c1. The molecule has 0 radical (unpaired) electrons. The lowest BCUT2D eigenvalue weighted by atomic mass is 9.89. The van der Waals surface area contributed by atoms with E-state index in [0.717, 1.165) is 6.42 Å². The Bertz CT molecular complexity index is 2550. The molecule has 0 heterocycles. The van der Waals surface area contributed by atoms with Crippen LogP contribution in [0.15, 0.2) is 206 Å². The zero-order valence-corrected chi connectivity index (χ0v) is 28.4. The molecule has 1 atom stereocenters. The number of nitrogens with zero attached hydrogens (tertiary/aromatic N) is 1. The van der Waals surface area contributed by atoms with Crippen molar-refractivity contribution in [2.75, 3.05) is 4.90 Å². The molecule has 1 unspecified atom stereocenters. The second kappa shape index (κ2) is 13.5. The Morgan fingerprint density at radius 2 is 1.02 bits per heavy atom. The van der Waals surface area contributed by atoms with Crippen LogP contribution in [0.2, 0.25) is 0 Å². The molecular weight excluding hydrogens is 615 g/mol. The van der Waals surface area contributed by atoms with E-state index in [-0.39, 0.29) is 6.04 Å². The van der Waals surface area contributed by atoms with Crippen molar-refractivity contribution in [3.8, 4) is 33.4 Å². The van der Waals surface area contributed by atoms with Crippen molar-refractivity contribution < 1.29 is 0 Å². The van der Waals surface area contributed by atoms with E-state index in [0.29, 0.717) is 0 Å². The van der Waals surface area contributed by atoms with Crippen LogP contribution in [0.5, 0.6) is 0 Å². The van der Waals surface area contributed by atoms with Crippen molar-refractivity contribution in [3.05, 3.63) is 212 Å². The van der Waals surface area contributed by atoms with Crippen molar-refractivity contribution in [1.82, 2.24) is 0 Å². The molecule has 9 rings (SSSR count). The smallest absolute Gasteiger partial charge is 0.0560 e. The first-order chi connectivity index (χ1) is 25.3. The van der Waals surface area contributed by atoms with Gasteiger partial charge in [0.05, 0.1) is 6.04 Å². The minimum Gasteiger partial charge on any atom is -0.334 e. The summed E-state index contributed by atoms with van der Waals surface area (Å²) in [4.78, 5) is 2.54. The highest BCUT2D eigenvalue weighted by Gasteiger charge is 2.23. The average Bonchev–Trinajstić information content (AvgIpc) is 3.22. The molecule has 0 saturated heterocycles. The summed E-state index contributed by atoms with van der Waals surface area (Å²) in [6, 6.07) is 68.3. The minimum atomic E-state index is 0.138. The number of anilines is 2. The van der Waals surface area contributed by atoms with E-state index in [1.165, 1.54) is 77.4 Å². The lowest BCUT2D eigenvalue weighted by Crippen LogP contribution is -2.30. The van der Waals surface area contributed by atoms with E-state index in [9.17, 15) is 0 Å². The van der Waals surface area contributed by atoms with E-state index < -0.39 is 0 Å². The van der Waals surface area contributed by atoms with Gasteiger partial charge in [-0.15, -0.1) is 0 Å². The molecule has 1 aliphatic carbocycles. The molecule has 0 aliphatic heterocycles. The Morgan fingerprint density at radius 3 is 1.76 bits per heavy atom.